The maximum Gasteiger partial charge on any atom is 0.269 e. The minimum Gasteiger partial charge on any atom is -0.507 e. The molecule has 0 spiro atoms. The van der Waals surface area contributed by atoms with Crippen LogP contribution >= 0.6 is 0 Å². The standard InChI is InChI=1S/C21H16FNO4/c1-13(24)15-3-2-4-16(12-15)20-19(25)10-7-17(21(20)22)11-14-5-8-18(9-6-14)23(26)27/h2-10,12,25H,11H2,1H3. The fourth-order valence-corrected chi connectivity index (χ4v) is 2.87. The molecule has 136 valence electrons. The maximum absolute atomic E-state index is 15.1. The monoisotopic (exact) mass is 365 g/mol. The van der Waals surface area contributed by atoms with Gasteiger partial charge in [0.05, 0.1) is 10.5 Å². The van der Waals surface area contributed by atoms with Crippen LogP contribution in [-0.2, 0) is 6.42 Å². The molecule has 5 nitrogen and oxygen atoms in total. The number of hydrogen-bond donors (Lipinski definition) is 1. The van der Waals surface area contributed by atoms with Crippen LogP contribution < -0.4 is 0 Å². The van der Waals surface area contributed by atoms with Gasteiger partial charge in [0, 0.05) is 24.1 Å². The molecule has 0 aliphatic heterocycles. The van der Waals surface area contributed by atoms with Gasteiger partial charge in [-0.3, -0.25) is 14.9 Å². The normalized spacial score (nSPS) is 10.6. The third-order valence-corrected chi connectivity index (χ3v) is 4.30. The van der Waals surface area contributed by atoms with Gasteiger partial charge in [-0.15, -0.1) is 0 Å². The molecular formula is C21H16FNO4. The van der Waals surface area contributed by atoms with Crippen LogP contribution in [0, 0.1) is 15.9 Å². The molecule has 0 atom stereocenters. The van der Waals surface area contributed by atoms with Crippen molar-refractivity contribution in [2.24, 2.45) is 0 Å². The van der Waals surface area contributed by atoms with Crippen molar-refractivity contribution in [1.82, 2.24) is 0 Å². The molecule has 3 aromatic carbocycles. The van der Waals surface area contributed by atoms with Crippen LogP contribution in [-0.4, -0.2) is 15.8 Å². The van der Waals surface area contributed by atoms with Crippen LogP contribution in [0.5, 0.6) is 5.75 Å². The van der Waals surface area contributed by atoms with Crippen molar-refractivity contribution in [3.63, 3.8) is 0 Å². The zero-order chi connectivity index (χ0) is 19.6. The van der Waals surface area contributed by atoms with E-state index in [1.54, 1.807) is 30.3 Å². The lowest BCUT2D eigenvalue weighted by molar-refractivity contribution is -0.384. The zero-order valence-corrected chi connectivity index (χ0v) is 14.5. The Morgan fingerprint density at radius 2 is 1.81 bits per heavy atom. The van der Waals surface area contributed by atoms with E-state index in [2.05, 4.69) is 0 Å². The molecule has 0 fully saturated rings. The summed E-state index contributed by atoms with van der Waals surface area (Å²) < 4.78 is 15.1. The molecule has 6 heteroatoms. The topological polar surface area (TPSA) is 80.4 Å². The Kier molecular flexibility index (Phi) is 4.98. The highest BCUT2D eigenvalue weighted by Crippen LogP contribution is 2.35. The second-order valence-electron chi connectivity index (χ2n) is 6.17. The Hall–Kier alpha value is -3.54. The summed E-state index contributed by atoms with van der Waals surface area (Å²) in [7, 11) is 0. The SMILES string of the molecule is CC(=O)c1cccc(-c2c(O)ccc(Cc3ccc([N+](=O)[O-])cc3)c2F)c1. The van der Waals surface area contributed by atoms with Crippen LogP contribution in [0.25, 0.3) is 11.1 Å². The second kappa shape index (κ2) is 7.37. The largest absolute Gasteiger partial charge is 0.507 e. The van der Waals surface area contributed by atoms with Crippen LogP contribution in [0.1, 0.15) is 28.4 Å². The van der Waals surface area contributed by atoms with Gasteiger partial charge in [0.2, 0.25) is 0 Å². The smallest absolute Gasteiger partial charge is 0.269 e. The fourth-order valence-electron chi connectivity index (χ4n) is 2.87. The lowest BCUT2D eigenvalue weighted by Gasteiger charge is -2.12. The zero-order valence-electron chi connectivity index (χ0n) is 14.5. The summed E-state index contributed by atoms with van der Waals surface area (Å²) in [4.78, 5) is 21.8. The van der Waals surface area contributed by atoms with Gasteiger partial charge in [0.1, 0.15) is 11.6 Å². The summed E-state index contributed by atoms with van der Waals surface area (Å²) in [6, 6.07) is 15.2. The van der Waals surface area contributed by atoms with Crippen molar-refractivity contribution in [2.45, 2.75) is 13.3 Å². The summed E-state index contributed by atoms with van der Waals surface area (Å²) in [6.45, 7) is 1.42. The molecule has 27 heavy (non-hydrogen) atoms. The number of ketones is 1. The Morgan fingerprint density at radius 1 is 1.11 bits per heavy atom. The van der Waals surface area contributed by atoms with Crippen molar-refractivity contribution in [1.29, 1.82) is 0 Å². The first-order valence-corrected chi connectivity index (χ1v) is 8.22. The Balaban J connectivity index is 1.99. The first-order valence-electron chi connectivity index (χ1n) is 8.22. The number of phenols is 1. The molecule has 0 aliphatic rings. The summed E-state index contributed by atoms with van der Waals surface area (Å²) in [5, 5.41) is 20.9. The van der Waals surface area contributed by atoms with Crippen LogP contribution in [0.2, 0.25) is 0 Å². The minimum absolute atomic E-state index is 0.0255. The molecular weight excluding hydrogens is 349 g/mol. The summed E-state index contributed by atoms with van der Waals surface area (Å²) in [5.41, 5.74) is 1.86. The molecule has 0 aliphatic carbocycles. The molecule has 0 radical (unpaired) electrons. The Bertz CT molecular complexity index is 1030. The number of nitro benzene ring substituents is 1. The molecule has 3 aromatic rings. The number of hydrogen-bond acceptors (Lipinski definition) is 4. The highest BCUT2D eigenvalue weighted by molar-refractivity contribution is 5.95. The number of Topliss-reactive ketones (excluding diaryl/α,β-unsaturated/α-hetero) is 1. The number of carbonyl (C=O) groups is 1. The first kappa shape index (κ1) is 18.3. The fraction of sp³-hybridized carbons (Fsp3) is 0.0952. The van der Waals surface area contributed by atoms with Crippen molar-refractivity contribution in [3.8, 4) is 16.9 Å². The summed E-state index contributed by atoms with van der Waals surface area (Å²) >= 11 is 0. The van der Waals surface area contributed by atoms with Gasteiger partial charge in [-0.2, -0.15) is 0 Å². The number of aromatic hydroxyl groups is 1. The predicted molar refractivity (Wildman–Crippen MR) is 99.4 cm³/mol. The van der Waals surface area contributed by atoms with Gasteiger partial charge in [-0.1, -0.05) is 36.4 Å². The van der Waals surface area contributed by atoms with E-state index in [-0.39, 0.29) is 29.2 Å². The third-order valence-electron chi connectivity index (χ3n) is 4.30. The molecule has 3 rings (SSSR count). The van der Waals surface area contributed by atoms with Gasteiger partial charge < -0.3 is 5.11 Å². The molecule has 0 heterocycles. The molecule has 0 amide bonds. The van der Waals surface area contributed by atoms with E-state index >= 15 is 4.39 Å². The number of halogens is 1. The number of non-ortho nitro benzene ring substituents is 1. The minimum atomic E-state index is -0.589. The number of nitrogens with zero attached hydrogens (tertiary/aromatic N) is 1. The van der Waals surface area contributed by atoms with E-state index in [1.165, 1.54) is 37.3 Å². The van der Waals surface area contributed by atoms with E-state index < -0.39 is 10.7 Å². The Labute approximate surface area is 154 Å². The molecule has 0 unspecified atom stereocenters. The third kappa shape index (κ3) is 3.84. The molecule has 0 bridgehead atoms. The van der Waals surface area contributed by atoms with E-state index in [4.69, 9.17) is 0 Å². The highest BCUT2D eigenvalue weighted by atomic mass is 19.1. The van der Waals surface area contributed by atoms with E-state index in [9.17, 15) is 20.0 Å². The first-order chi connectivity index (χ1) is 12.9. The molecule has 0 saturated heterocycles. The van der Waals surface area contributed by atoms with Crippen molar-refractivity contribution < 1.29 is 19.2 Å². The van der Waals surface area contributed by atoms with Crippen molar-refractivity contribution >= 4 is 11.5 Å². The molecule has 0 saturated carbocycles. The van der Waals surface area contributed by atoms with Gasteiger partial charge in [-0.05, 0) is 35.7 Å². The number of nitro groups is 1. The number of phenolic OH excluding ortho intramolecular Hbond substituents is 1. The highest BCUT2D eigenvalue weighted by Gasteiger charge is 2.16. The lowest BCUT2D eigenvalue weighted by Crippen LogP contribution is -1.98. The van der Waals surface area contributed by atoms with Gasteiger partial charge in [0.25, 0.3) is 5.69 Å². The predicted octanol–water partition coefficient (Wildman–Crippen LogP) is 4.90. The average Bonchev–Trinajstić information content (AvgIpc) is 2.65. The Morgan fingerprint density at radius 3 is 2.44 bits per heavy atom. The average molecular weight is 365 g/mol. The van der Waals surface area contributed by atoms with E-state index in [1.807, 2.05) is 0 Å². The quantitative estimate of drug-likeness (QED) is 0.396. The van der Waals surface area contributed by atoms with E-state index in [0.29, 0.717) is 22.3 Å². The maximum atomic E-state index is 15.1. The molecule has 0 aromatic heterocycles. The number of rotatable bonds is 5. The van der Waals surface area contributed by atoms with Gasteiger partial charge in [-0.25, -0.2) is 4.39 Å². The van der Waals surface area contributed by atoms with Crippen LogP contribution in [0.3, 0.4) is 0 Å². The van der Waals surface area contributed by atoms with Crippen LogP contribution in [0.15, 0.2) is 60.7 Å². The van der Waals surface area contributed by atoms with Crippen LogP contribution in [0.4, 0.5) is 10.1 Å². The second-order valence-corrected chi connectivity index (χ2v) is 6.17. The molecule has 1 N–H and O–H groups in total. The number of carbonyl (C=O) groups excluding carboxylic acids is 1. The van der Waals surface area contributed by atoms with Crippen molar-refractivity contribution in [3.05, 3.63) is 93.3 Å². The van der Waals surface area contributed by atoms with E-state index in [0.717, 1.165) is 0 Å². The van der Waals surface area contributed by atoms with Gasteiger partial charge in [0.15, 0.2) is 5.78 Å². The summed E-state index contributed by atoms with van der Waals surface area (Å²) in [6.07, 6.45) is 0.212. The van der Waals surface area contributed by atoms with Gasteiger partial charge >= 0.3 is 0 Å². The lowest BCUT2D eigenvalue weighted by atomic mass is 9.95. The van der Waals surface area contributed by atoms with Crippen molar-refractivity contribution in [2.75, 3.05) is 0 Å². The number of benzene rings is 3. The summed E-state index contributed by atoms with van der Waals surface area (Å²) in [5.74, 6) is -0.964.